The Balaban J connectivity index is 1.50. The summed E-state index contributed by atoms with van der Waals surface area (Å²) in [5.41, 5.74) is -0.547. The quantitative estimate of drug-likeness (QED) is 0.190. The molecule has 0 aliphatic heterocycles. The lowest BCUT2D eigenvalue weighted by molar-refractivity contribution is -0.136. The van der Waals surface area contributed by atoms with E-state index >= 15 is 0 Å². The summed E-state index contributed by atoms with van der Waals surface area (Å²) in [6.45, 7) is -0.518. The van der Waals surface area contributed by atoms with Gasteiger partial charge in [-0.1, -0.05) is 24.3 Å². The Morgan fingerprint density at radius 2 is 1.44 bits per heavy atom. The van der Waals surface area contributed by atoms with Crippen molar-refractivity contribution >= 4 is 21.8 Å². The van der Waals surface area contributed by atoms with Crippen molar-refractivity contribution in [2.45, 2.75) is 19.3 Å². The monoisotopic (exact) mass is 571 g/mol. The lowest BCUT2D eigenvalue weighted by Crippen LogP contribution is -2.09. The van der Waals surface area contributed by atoms with Crippen molar-refractivity contribution in [1.29, 1.82) is 0 Å². The standard InChI is InChI=1S/C30H17F8N3/c31-19-6-4-18(24(33)11-19)14-40-9-8-16-10-17(5-7-27(16)40)29-21-2-1-3-23(30(36,37)38)28(21)39-41(29)15-22-25(34)12-20(32)13-26(22)35/h1-13H,14-15H2. The fourth-order valence-electron chi connectivity index (χ4n) is 4.99. The third-order valence-corrected chi connectivity index (χ3v) is 6.89. The summed E-state index contributed by atoms with van der Waals surface area (Å²) in [6.07, 6.45) is -3.07. The number of fused-ring (bicyclic) bond motifs is 2. The van der Waals surface area contributed by atoms with Crippen molar-refractivity contribution in [2.75, 3.05) is 0 Å². The van der Waals surface area contributed by atoms with E-state index in [0.29, 0.717) is 28.6 Å². The Hall–Kier alpha value is -4.67. The van der Waals surface area contributed by atoms with Crippen LogP contribution in [0.25, 0.3) is 33.1 Å². The van der Waals surface area contributed by atoms with Crippen LogP contribution in [0.15, 0.2) is 79.0 Å². The molecule has 6 aromatic rings. The molecule has 0 amide bonds. The molecule has 0 radical (unpaired) electrons. The number of alkyl halides is 3. The largest absolute Gasteiger partial charge is 0.418 e. The molecule has 2 heterocycles. The first-order valence-corrected chi connectivity index (χ1v) is 12.2. The zero-order valence-electron chi connectivity index (χ0n) is 20.8. The maximum Gasteiger partial charge on any atom is 0.418 e. The van der Waals surface area contributed by atoms with Gasteiger partial charge in [-0.05, 0) is 30.3 Å². The normalized spacial score (nSPS) is 12.1. The predicted octanol–water partition coefficient (Wildman–Crippen LogP) is 8.47. The molecule has 208 valence electrons. The van der Waals surface area contributed by atoms with Crippen molar-refractivity contribution in [1.82, 2.24) is 14.3 Å². The molecule has 2 aromatic heterocycles. The number of aromatic nitrogens is 3. The molecular weight excluding hydrogens is 554 g/mol. The molecule has 41 heavy (non-hydrogen) atoms. The van der Waals surface area contributed by atoms with Crippen molar-refractivity contribution < 1.29 is 35.1 Å². The maximum absolute atomic E-state index is 14.5. The molecule has 0 saturated heterocycles. The second kappa shape index (κ2) is 9.76. The molecule has 0 fully saturated rings. The van der Waals surface area contributed by atoms with E-state index in [4.69, 9.17) is 0 Å². The maximum atomic E-state index is 14.5. The Morgan fingerprint density at radius 3 is 2.15 bits per heavy atom. The van der Waals surface area contributed by atoms with Gasteiger partial charge in [-0.3, -0.25) is 4.68 Å². The van der Waals surface area contributed by atoms with E-state index in [9.17, 15) is 35.1 Å². The van der Waals surface area contributed by atoms with E-state index in [0.717, 1.165) is 22.9 Å². The lowest BCUT2D eigenvalue weighted by atomic mass is 10.0. The van der Waals surface area contributed by atoms with Crippen LogP contribution in [0.5, 0.6) is 0 Å². The SMILES string of the molecule is Fc1ccc(Cn2ccc3cc(-c4c5cccc(C(F)(F)F)c5nn4Cc4c(F)cc(F)cc4F)ccc32)c(F)c1. The fourth-order valence-corrected chi connectivity index (χ4v) is 4.99. The van der Waals surface area contributed by atoms with Crippen LogP contribution in [-0.2, 0) is 19.3 Å². The first-order valence-electron chi connectivity index (χ1n) is 12.2. The number of nitrogens with zero attached hydrogens (tertiary/aromatic N) is 3. The summed E-state index contributed by atoms with van der Waals surface area (Å²) in [5.74, 6) is -4.95. The van der Waals surface area contributed by atoms with Gasteiger partial charge in [0.05, 0.1) is 24.3 Å². The molecular formula is C30H17F8N3. The summed E-state index contributed by atoms with van der Waals surface area (Å²) in [7, 11) is 0. The van der Waals surface area contributed by atoms with Gasteiger partial charge in [0, 0.05) is 57.4 Å². The summed E-state index contributed by atoms with van der Waals surface area (Å²) in [6, 6.07) is 14.4. The van der Waals surface area contributed by atoms with E-state index in [1.165, 1.54) is 18.2 Å². The van der Waals surface area contributed by atoms with E-state index in [2.05, 4.69) is 5.10 Å². The van der Waals surface area contributed by atoms with E-state index in [1.54, 1.807) is 35.0 Å². The second-order valence-electron chi connectivity index (χ2n) is 9.51. The van der Waals surface area contributed by atoms with Gasteiger partial charge in [0.15, 0.2) is 0 Å². The van der Waals surface area contributed by atoms with Crippen LogP contribution in [-0.4, -0.2) is 14.3 Å². The third-order valence-electron chi connectivity index (χ3n) is 6.89. The summed E-state index contributed by atoms with van der Waals surface area (Å²) in [5, 5.41) is 4.83. The van der Waals surface area contributed by atoms with Crippen LogP contribution in [0.3, 0.4) is 0 Å². The Labute approximate surface area is 226 Å². The minimum Gasteiger partial charge on any atom is -0.343 e. The highest BCUT2D eigenvalue weighted by molar-refractivity contribution is 5.97. The van der Waals surface area contributed by atoms with Crippen molar-refractivity contribution in [2.24, 2.45) is 0 Å². The van der Waals surface area contributed by atoms with Crippen LogP contribution in [0, 0.1) is 29.1 Å². The molecule has 0 saturated carbocycles. The lowest BCUT2D eigenvalue weighted by Gasteiger charge is -2.11. The smallest absolute Gasteiger partial charge is 0.343 e. The average Bonchev–Trinajstić information content (AvgIpc) is 3.47. The first kappa shape index (κ1) is 26.5. The van der Waals surface area contributed by atoms with Crippen molar-refractivity contribution in [3.8, 4) is 11.3 Å². The Bertz CT molecular complexity index is 1930. The van der Waals surface area contributed by atoms with Gasteiger partial charge in [-0.15, -0.1) is 0 Å². The Morgan fingerprint density at radius 1 is 0.707 bits per heavy atom. The molecule has 0 N–H and O–H groups in total. The summed E-state index contributed by atoms with van der Waals surface area (Å²) < 4.78 is 114. The minimum absolute atomic E-state index is 0.0912. The molecule has 0 atom stereocenters. The second-order valence-corrected chi connectivity index (χ2v) is 9.51. The molecule has 0 bridgehead atoms. The van der Waals surface area contributed by atoms with Gasteiger partial charge in [0.2, 0.25) is 0 Å². The minimum atomic E-state index is -4.75. The van der Waals surface area contributed by atoms with Gasteiger partial charge < -0.3 is 4.57 Å². The topological polar surface area (TPSA) is 22.8 Å². The van der Waals surface area contributed by atoms with Gasteiger partial charge in [0.25, 0.3) is 0 Å². The zero-order chi connectivity index (χ0) is 29.1. The number of hydrogen-bond donors (Lipinski definition) is 0. The summed E-state index contributed by atoms with van der Waals surface area (Å²) >= 11 is 0. The van der Waals surface area contributed by atoms with E-state index in [-0.39, 0.29) is 23.2 Å². The zero-order valence-corrected chi connectivity index (χ0v) is 20.8. The van der Waals surface area contributed by atoms with E-state index < -0.39 is 58.5 Å². The van der Waals surface area contributed by atoms with Crippen LogP contribution in [0.4, 0.5) is 35.1 Å². The van der Waals surface area contributed by atoms with Crippen molar-refractivity contribution in [3.05, 3.63) is 125 Å². The van der Waals surface area contributed by atoms with Crippen LogP contribution >= 0.6 is 0 Å². The fraction of sp³-hybridized carbons (Fsp3) is 0.100. The molecule has 0 aliphatic carbocycles. The van der Waals surface area contributed by atoms with Gasteiger partial charge >= 0.3 is 6.18 Å². The molecule has 6 rings (SSSR count). The van der Waals surface area contributed by atoms with E-state index in [1.807, 2.05) is 0 Å². The van der Waals surface area contributed by atoms with Crippen LogP contribution in [0.1, 0.15) is 16.7 Å². The van der Waals surface area contributed by atoms with Gasteiger partial charge in [0.1, 0.15) is 34.6 Å². The van der Waals surface area contributed by atoms with Gasteiger partial charge in [-0.25, -0.2) is 22.0 Å². The number of halogens is 8. The third kappa shape index (κ3) is 4.81. The number of hydrogen-bond acceptors (Lipinski definition) is 1. The molecule has 0 aliphatic rings. The number of benzene rings is 4. The average molecular weight is 571 g/mol. The highest BCUT2D eigenvalue weighted by Gasteiger charge is 2.34. The van der Waals surface area contributed by atoms with Crippen LogP contribution < -0.4 is 0 Å². The molecule has 3 nitrogen and oxygen atoms in total. The Kier molecular flexibility index (Phi) is 6.32. The highest BCUT2D eigenvalue weighted by atomic mass is 19.4. The molecule has 4 aromatic carbocycles. The highest BCUT2D eigenvalue weighted by Crippen LogP contribution is 2.39. The number of rotatable bonds is 5. The molecule has 0 unspecified atom stereocenters. The van der Waals surface area contributed by atoms with Crippen LogP contribution in [0.2, 0.25) is 0 Å². The predicted molar refractivity (Wildman–Crippen MR) is 137 cm³/mol. The molecule has 0 spiro atoms. The van der Waals surface area contributed by atoms with Gasteiger partial charge in [-0.2, -0.15) is 18.3 Å². The summed E-state index contributed by atoms with van der Waals surface area (Å²) in [4.78, 5) is 0. The van der Waals surface area contributed by atoms with Crippen molar-refractivity contribution in [3.63, 3.8) is 0 Å². The first-order chi connectivity index (χ1) is 19.5. The molecule has 11 heteroatoms.